The average molecular weight is 305 g/mol. The van der Waals surface area contributed by atoms with E-state index < -0.39 is 6.10 Å². The number of benzene rings is 2. The number of halogens is 1. The SMILES string of the molecule is CC(Cc1ccc([O])cc1)NCC(O)c1cccc(Cl)c1. The highest BCUT2D eigenvalue weighted by Crippen LogP contribution is 2.17. The van der Waals surface area contributed by atoms with Crippen molar-refractivity contribution in [1.82, 2.24) is 5.32 Å². The monoisotopic (exact) mass is 304 g/mol. The molecule has 1 radical (unpaired) electrons. The van der Waals surface area contributed by atoms with Crippen LogP contribution in [0.5, 0.6) is 5.75 Å². The van der Waals surface area contributed by atoms with E-state index in [1.165, 1.54) is 0 Å². The molecule has 0 aliphatic carbocycles. The van der Waals surface area contributed by atoms with Crippen LogP contribution in [-0.2, 0) is 11.5 Å². The zero-order chi connectivity index (χ0) is 15.2. The quantitative estimate of drug-likeness (QED) is 0.854. The van der Waals surface area contributed by atoms with Crippen molar-refractivity contribution in [1.29, 1.82) is 0 Å². The van der Waals surface area contributed by atoms with Gasteiger partial charge in [-0.3, -0.25) is 5.11 Å². The number of aliphatic hydroxyl groups excluding tert-OH is 1. The van der Waals surface area contributed by atoms with Crippen LogP contribution in [-0.4, -0.2) is 17.7 Å². The fourth-order valence-electron chi connectivity index (χ4n) is 2.20. The normalized spacial score (nSPS) is 13.9. The van der Waals surface area contributed by atoms with E-state index in [0.717, 1.165) is 17.5 Å². The number of rotatable bonds is 6. The summed E-state index contributed by atoms with van der Waals surface area (Å²) in [5, 5.41) is 25.1. The van der Waals surface area contributed by atoms with E-state index in [1.807, 2.05) is 24.3 Å². The van der Waals surface area contributed by atoms with Gasteiger partial charge in [0.15, 0.2) is 5.75 Å². The highest BCUT2D eigenvalue weighted by molar-refractivity contribution is 6.30. The minimum Gasteiger partial charge on any atom is -0.387 e. The zero-order valence-corrected chi connectivity index (χ0v) is 12.7. The molecule has 0 fully saturated rings. The Balaban J connectivity index is 1.83. The lowest BCUT2D eigenvalue weighted by Crippen LogP contribution is -2.32. The van der Waals surface area contributed by atoms with Crippen molar-refractivity contribution >= 4 is 11.6 Å². The summed E-state index contributed by atoms with van der Waals surface area (Å²) in [6.07, 6.45) is 0.220. The Morgan fingerprint density at radius 1 is 1.19 bits per heavy atom. The van der Waals surface area contributed by atoms with Crippen LogP contribution in [0, 0.1) is 0 Å². The lowest BCUT2D eigenvalue weighted by Gasteiger charge is -2.17. The maximum Gasteiger partial charge on any atom is 0.178 e. The Morgan fingerprint density at radius 3 is 2.57 bits per heavy atom. The Morgan fingerprint density at radius 2 is 1.90 bits per heavy atom. The molecular formula is C17H19ClNO2. The molecule has 0 saturated heterocycles. The zero-order valence-electron chi connectivity index (χ0n) is 11.9. The molecule has 2 rings (SSSR count). The van der Waals surface area contributed by atoms with E-state index in [2.05, 4.69) is 12.2 Å². The third-order valence-electron chi connectivity index (χ3n) is 3.36. The van der Waals surface area contributed by atoms with Crippen molar-refractivity contribution in [2.24, 2.45) is 0 Å². The van der Waals surface area contributed by atoms with Gasteiger partial charge in [0.25, 0.3) is 0 Å². The Labute approximate surface area is 130 Å². The fraction of sp³-hybridized carbons (Fsp3) is 0.294. The predicted octanol–water partition coefficient (Wildman–Crippen LogP) is 3.74. The molecule has 0 heterocycles. The Kier molecular flexibility index (Phi) is 5.62. The van der Waals surface area contributed by atoms with Crippen molar-refractivity contribution in [3.05, 3.63) is 64.7 Å². The smallest absolute Gasteiger partial charge is 0.178 e. The first-order valence-electron chi connectivity index (χ1n) is 6.97. The molecule has 2 unspecified atom stereocenters. The second-order valence-corrected chi connectivity index (χ2v) is 5.66. The van der Waals surface area contributed by atoms with Gasteiger partial charge in [-0.15, -0.1) is 0 Å². The van der Waals surface area contributed by atoms with Gasteiger partial charge in [0.1, 0.15) is 0 Å². The van der Waals surface area contributed by atoms with Crippen molar-refractivity contribution < 1.29 is 10.2 Å². The van der Waals surface area contributed by atoms with E-state index in [-0.39, 0.29) is 11.8 Å². The molecule has 111 valence electrons. The standard InChI is InChI=1S/C17H19ClNO2/c1-12(9-13-5-7-16(20)8-6-13)19-11-17(21)14-3-2-4-15(18)10-14/h2-8,10,12,17,19,21H,9,11H2,1H3. The molecule has 0 amide bonds. The Hall–Kier alpha value is -1.55. The van der Waals surface area contributed by atoms with Gasteiger partial charge in [-0.05, 0) is 48.7 Å². The van der Waals surface area contributed by atoms with Gasteiger partial charge in [-0.1, -0.05) is 35.9 Å². The molecule has 0 spiro atoms. The van der Waals surface area contributed by atoms with Crippen LogP contribution in [0.25, 0.3) is 0 Å². The maximum atomic E-state index is 11.0. The Bertz CT molecular complexity index is 571. The minimum absolute atomic E-state index is 0.0238. The molecule has 2 aromatic rings. The van der Waals surface area contributed by atoms with Crippen LogP contribution in [0.15, 0.2) is 48.5 Å². The summed E-state index contributed by atoms with van der Waals surface area (Å²) in [6, 6.07) is 14.3. The largest absolute Gasteiger partial charge is 0.387 e. The van der Waals surface area contributed by atoms with E-state index in [1.54, 1.807) is 24.3 Å². The predicted molar refractivity (Wildman–Crippen MR) is 84.2 cm³/mol. The summed E-state index contributed by atoms with van der Waals surface area (Å²) in [6.45, 7) is 2.51. The van der Waals surface area contributed by atoms with Crippen LogP contribution in [0.1, 0.15) is 24.2 Å². The van der Waals surface area contributed by atoms with Gasteiger partial charge in [0.2, 0.25) is 0 Å². The fourth-order valence-corrected chi connectivity index (χ4v) is 2.39. The lowest BCUT2D eigenvalue weighted by atomic mass is 10.1. The van der Waals surface area contributed by atoms with E-state index in [9.17, 15) is 10.2 Å². The molecule has 2 N–H and O–H groups in total. The third kappa shape index (κ3) is 5.05. The van der Waals surface area contributed by atoms with Gasteiger partial charge in [0, 0.05) is 17.6 Å². The van der Waals surface area contributed by atoms with Crippen LogP contribution in [0.4, 0.5) is 0 Å². The highest BCUT2D eigenvalue weighted by atomic mass is 35.5. The van der Waals surface area contributed by atoms with Crippen molar-refractivity contribution in [3.8, 4) is 5.75 Å². The second kappa shape index (κ2) is 7.46. The van der Waals surface area contributed by atoms with E-state index in [0.29, 0.717) is 11.6 Å². The highest BCUT2D eigenvalue weighted by Gasteiger charge is 2.10. The average Bonchev–Trinajstić information content (AvgIpc) is 2.47. The third-order valence-corrected chi connectivity index (χ3v) is 3.59. The molecule has 0 aliphatic rings. The summed E-state index contributed by atoms with van der Waals surface area (Å²) in [4.78, 5) is 0. The van der Waals surface area contributed by atoms with Crippen molar-refractivity contribution in [3.63, 3.8) is 0 Å². The number of hydrogen-bond donors (Lipinski definition) is 2. The summed E-state index contributed by atoms with van der Waals surface area (Å²) < 4.78 is 0. The molecule has 3 nitrogen and oxygen atoms in total. The molecule has 4 heteroatoms. The summed E-state index contributed by atoms with van der Waals surface area (Å²) >= 11 is 5.91. The van der Waals surface area contributed by atoms with Crippen LogP contribution in [0.3, 0.4) is 0 Å². The molecule has 0 bridgehead atoms. The number of hydrogen-bond acceptors (Lipinski definition) is 2. The van der Waals surface area contributed by atoms with E-state index in [4.69, 9.17) is 11.6 Å². The van der Waals surface area contributed by atoms with Crippen molar-refractivity contribution in [2.45, 2.75) is 25.5 Å². The first-order valence-corrected chi connectivity index (χ1v) is 7.35. The molecule has 0 aliphatic heterocycles. The number of aliphatic hydroxyl groups is 1. The van der Waals surface area contributed by atoms with Gasteiger partial charge < -0.3 is 10.4 Å². The second-order valence-electron chi connectivity index (χ2n) is 5.23. The summed E-state index contributed by atoms with van der Waals surface area (Å²) in [7, 11) is 0. The molecular weight excluding hydrogens is 286 g/mol. The first-order chi connectivity index (χ1) is 10.0. The minimum atomic E-state index is -0.588. The summed E-state index contributed by atoms with van der Waals surface area (Å²) in [5.41, 5.74) is 1.91. The van der Waals surface area contributed by atoms with Crippen molar-refractivity contribution in [2.75, 3.05) is 6.54 Å². The van der Waals surface area contributed by atoms with Crippen LogP contribution < -0.4 is 5.32 Å². The van der Waals surface area contributed by atoms with Crippen LogP contribution in [0.2, 0.25) is 5.02 Å². The van der Waals surface area contributed by atoms with Crippen LogP contribution >= 0.6 is 11.6 Å². The van der Waals surface area contributed by atoms with Gasteiger partial charge in [-0.25, -0.2) is 0 Å². The molecule has 0 aromatic heterocycles. The molecule has 2 aromatic carbocycles. The maximum absolute atomic E-state index is 11.0. The van der Waals surface area contributed by atoms with E-state index >= 15 is 0 Å². The molecule has 2 atom stereocenters. The molecule has 21 heavy (non-hydrogen) atoms. The van der Waals surface area contributed by atoms with Gasteiger partial charge in [0.05, 0.1) is 6.10 Å². The molecule has 0 saturated carbocycles. The van der Waals surface area contributed by atoms with Gasteiger partial charge >= 0.3 is 0 Å². The summed E-state index contributed by atoms with van der Waals surface area (Å²) in [5.74, 6) is 0.0238. The number of nitrogens with one attached hydrogen (secondary N) is 1. The van der Waals surface area contributed by atoms with Gasteiger partial charge in [-0.2, -0.15) is 0 Å². The lowest BCUT2D eigenvalue weighted by molar-refractivity contribution is 0.170. The first kappa shape index (κ1) is 15.8. The topological polar surface area (TPSA) is 52.2 Å².